The van der Waals surface area contributed by atoms with Crippen LogP contribution in [0.1, 0.15) is 53.4 Å². The van der Waals surface area contributed by atoms with Gasteiger partial charge >= 0.3 is 5.97 Å². The molecular formula is C12H24O3. The molecule has 90 valence electrons. The van der Waals surface area contributed by atoms with Crippen LogP contribution in [0.5, 0.6) is 0 Å². The Hall–Kier alpha value is -0.570. The smallest absolute Gasteiger partial charge is 0.335 e. The minimum atomic E-state index is -0.476. The average Bonchev–Trinajstić information content (AvgIpc) is 2.16. The van der Waals surface area contributed by atoms with Crippen molar-refractivity contribution in [3.63, 3.8) is 0 Å². The second-order valence-corrected chi connectivity index (χ2v) is 4.52. The fourth-order valence-electron chi connectivity index (χ4n) is 1.30. The van der Waals surface area contributed by atoms with Gasteiger partial charge in [-0.3, -0.25) is 0 Å². The lowest BCUT2D eigenvalue weighted by Crippen LogP contribution is -2.33. The van der Waals surface area contributed by atoms with E-state index in [1.807, 2.05) is 13.8 Å². The number of ether oxygens (including phenoxy) is 2. The van der Waals surface area contributed by atoms with E-state index in [4.69, 9.17) is 9.47 Å². The maximum atomic E-state index is 11.5. The van der Waals surface area contributed by atoms with E-state index in [1.165, 1.54) is 20.0 Å². The summed E-state index contributed by atoms with van der Waals surface area (Å²) >= 11 is 0. The highest BCUT2D eigenvalue weighted by molar-refractivity contribution is 5.74. The SMILES string of the molecule is CCCCCC(C)(C)OC(=O)C(C)OC. The van der Waals surface area contributed by atoms with Gasteiger partial charge in [-0.1, -0.05) is 19.8 Å². The van der Waals surface area contributed by atoms with Gasteiger partial charge in [-0.25, -0.2) is 4.79 Å². The van der Waals surface area contributed by atoms with Gasteiger partial charge in [0.15, 0.2) is 6.10 Å². The number of carbonyl (C=O) groups excluding carboxylic acids is 1. The number of carbonyl (C=O) groups is 1. The highest BCUT2D eigenvalue weighted by atomic mass is 16.6. The third kappa shape index (κ3) is 6.50. The summed E-state index contributed by atoms with van der Waals surface area (Å²) in [5.74, 6) is -0.279. The first-order chi connectivity index (χ1) is 6.93. The van der Waals surface area contributed by atoms with Crippen LogP contribution in [-0.2, 0) is 14.3 Å². The normalized spacial score (nSPS) is 13.7. The fraction of sp³-hybridized carbons (Fsp3) is 0.917. The molecule has 1 atom stereocenters. The molecule has 0 aromatic heterocycles. The van der Waals surface area contributed by atoms with Crippen LogP contribution >= 0.6 is 0 Å². The summed E-state index contributed by atoms with van der Waals surface area (Å²) in [6, 6.07) is 0. The molecule has 0 aromatic rings. The van der Waals surface area contributed by atoms with Crippen LogP contribution in [0, 0.1) is 0 Å². The minimum absolute atomic E-state index is 0.279. The first kappa shape index (κ1) is 14.4. The molecule has 0 saturated carbocycles. The Bertz CT molecular complexity index is 187. The summed E-state index contributed by atoms with van der Waals surface area (Å²) < 4.78 is 10.3. The van der Waals surface area contributed by atoms with Crippen LogP contribution in [0.25, 0.3) is 0 Å². The van der Waals surface area contributed by atoms with Gasteiger partial charge in [-0.05, 0) is 33.6 Å². The first-order valence-electron chi connectivity index (χ1n) is 5.68. The van der Waals surface area contributed by atoms with Crippen LogP contribution in [0.2, 0.25) is 0 Å². The molecule has 0 amide bonds. The predicted octanol–water partition coefficient (Wildman–Crippen LogP) is 2.92. The summed E-state index contributed by atoms with van der Waals surface area (Å²) in [7, 11) is 1.51. The van der Waals surface area contributed by atoms with Crippen LogP contribution < -0.4 is 0 Å². The van der Waals surface area contributed by atoms with Crippen molar-refractivity contribution >= 4 is 5.97 Å². The van der Waals surface area contributed by atoms with Gasteiger partial charge in [-0.15, -0.1) is 0 Å². The third-order valence-corrected chi connectivity index (χ3v) is 2.44. The Morgan fingerprint density at radius 3 is 2.40 bits per heavy atom. The summed E-state index contributed by atoms with van der Waals surface area (Å²) in [4.78, 5) is 11.5. The number of rotatable bonds is 7. The van der Waals surface area contributed by atoms with E-state index in [-0.39, 0.29) is 11.6 Å². The van der Waals surface area contributed by atoms with Gasteiger partial charge in [0.2, 0.25) is 0 Å². The van der Waals surface area contributed by atoms with E-state index in [2.05, 4.69) is 6.92 Å². The van der Waals surface area contributed by atoms with Crippen LogP contribution in [0.3, 0.4) is 0 Å². The highest BCUT2D eigenvalue weighted by Gasteiger charge is 2.25. The summed E-state index contributed by atoms with van der Waals surface area (Å²) in [5, 5.41) is 0. The van der Waals surface area contributed by atoms with Crippen molar-refractivity contribution in [2.45, 2.75) is 65.1 Å². The van der Waals surface area contributed by atoms with Crippen molar-refractivity contribution in [3.05, 3.63) is 0 Å². The molecule has 0 spiro atoms. The standard InChI is InChI=1S/C12H24O3/c1-6-7-8-9-12(3,4)15-11(13)10(2)14-5/h10H,6-9H2,1-5H3. The minimum Gasteiger partial charge on any atom is -0.458 e. The number of esters is 1. The monoisotopic (exact) mass is 216 g/mol. The molecule has 0 saturated heterocycles. The zero-order chi connectivity index (χ0) is 11.9. The Labute approximate surface area is 93.1 Å². The average molecular weight is 216 g/mol. The molecule has 0 aliphatic rings. The van der Waals surface area contributed by atoms with E-state index < -0.39 is 6.10 Å². The number of methoxy groups -OCH3 is 1. The summed E-state index contributed by atoms with van der Waals surface area (Å²) in [5.41, 5.74) is -0.376. The number of unbranched alkanes of at least 4 members (excludes halogenated alkanes) is 2. The number of hydrogen-bond donors (Lipinski definition) is 0. The van der Waals surface area contributed by atoms with Crippen LogP contribution in [0.4, 0.5) is 0 Å². The zero-order valence-electron chi connectivity index (χ0n) is 10.6. The highest BCUT2D eigenvalue weighted by Crippen LogP contribution is 2.19. The number of hydrogen-bond acceptors (Lipinski definition) is 3. The van der Waals surface area contributed by atoms with Crippen molar-refractivity contribution in [2.75, 3.05) is 7.11 Å². The summed E-state index contributed by atoms with van der Waals surface area (Å²) in [6.45, 7) is 7.75. The van der Waals surface area contributed by atoms with Crippen molar-refractivity contribution < 1.29 is 14.3 Å². The zero-order valence-corrected chi connectivity index (χ0v) is 10.6. The molecule has 0 fully saturated rings. The van der Waals surface area contributed by atoms with Gasteiger partial charge in [-0.2, -0.15) is 0 Å². The first-order valence-corrected chi connectivity index (χ1v) is 5.68. The van der Waals surface area contributed by atoms with Crippen LogP contribution in [0.15, 0.2) is 0 Å². The molecule has 0 bridgehead atoms. The topological polar surface area (TPSA) is 35.5 Å². The van der Waals surface area contributed by atoms with E-state index in [0.29, 0.717) is 0 Å². The molecule has 0 heterocycles. The Morgan fingerprint density at radius 2 is 1.93 bits per heavy atom. The molecule has 0 aliphatic carbocycles. The maximum absolute atomic E-state index is 11.5. The van der Waals surface area contributed by atoms with Gasteiger partial charge < -0.3 is 9.47 Å². The molecule has 0 radical (unpaired) electrons. The lowest BCUT2D eigenvalue weighted by molar-refractivity contribution is -0.168. The van der Waals surface area contributed by atoms with E-state index in [9.17, 15) is 4.79 Å². The van der Waals surface area contributed by atoms with Gasteiger partial charge in [0, 0.05) is 7.11 Å². The van der Waals surface area contributed by atoms with Gasteiger partial charge in [0.1, 0.15) is 5.60 Å². The Kier molecular flexibility index (Phi) is 6.57. The quantitative estimate of drug-likeness (QED) is 0.485. The predicted molar refractivity (Wildman–Crippen MR) is 60.8 cm³/mol. The summed E-state index contributed by atoms with van der Waals surface area (Å²) in [6.07, 6.45) is 3.89. The second-order valence-electron chi connectivity index (χ2n) is 4.52. The van der Waals surface area contributed by atoms with E-state index in [0.717, 1.165) is 12.8 Å². The van der Waals surface area contributed by atoms with E-state index >= 15 is 0 Å². The second kappa shape index (κ2) is 6.83. The van der Waals surface area contributed by atoms with Crippen molar-refractivity contribution in [2.24, 2.45) is 0 Å². The largest absolute Gasteiger partial charge is 0.458 e. The molecule has 3 nitrogen and oxygen atoms in total. The maximum Gasteiger partial charge on any atom is 0.335 e. The van der Waals surface area contributed by atoms with Crippen molar-refractivity contribution in [1.29, 1.82) is 0 Å². The molecular weight excluding hydrogens is 192 g/mol. The molecule has 0 N–H and O–H groups in total. The van der Waals surface area contributed by atoms with Crippen molar-refractivity contribution in [3.8, 4) is 0 Å². The van der Waals surface area contributed by atoms with Crippen molar-refractivity contribution in [1.82, 2.24) is 0 Å². The Balaban J connectivity index is 3.95. The van der Waals surface area contributed by atoms with E-state index in [1.54, 1.807) is 6.92 Å². The lowest BCUT2D eigenvalue weighted by atomic mass is 10.0. The molecule has 0 aliphatic heterocycles. The molecule has 0 aromatic carbocycles. The Morgan fingerprint density at radius 1 is 1.33 bits per heavy atom. The molecule has 0 rings (SSSR count). The van der Waals surface area contributed by atoms with Gasteiger partial charge in [0.25, 0.3) is 0 Å². The van der Waals surface area contributed by atoms with Crippen LogP contribution in [-0.4, -0.2) is 24.8 Å². The van der Waals surface area contributed by atoms with Gasteiger partial charge in [0.05, 0.1) is 0 Å². The molecule has 3 heteroatoms. The lowest BCUT2D eigenvalue weighted by Gasteiger charge is -2.26. The fourth-order valence-corrected chi connectivity index (χ4v) is 1.30. The molecule has 15 heavy (non-hydrogen) atoms. The molecule has 1 unspecified atom stereocenters. The third-order valence-electron chi connectivity index (χ3n) is 2.44.